The van der Waals surface area contributed by atoms with Gasteiger partial charge in [-0.05, 0) is 37.6 Å². The number of ketones is 1. The molecule has 2 aromatic carbocycles. The molecule has 158 valence electrons. The van der Waals surface area contributed by atoms with Crippen LogP contribution in [0.15, 0.2) is 30.3 Å². The fourth-order valence-corrected chi connectivity index (χ4v) is 3.49. The third-order valence-electron chi connectivity index (χ3n) is 4.71. The highest BCUT2D eigenvalue weighted by Gasteiger charge is 2.25. The van der Waals surface area contributed by atoms with Gasteiger partial charge in [-0.1, -0.05) is 24.6 Å². The molecular formula is C22H23ClFN3O3. The number of primary amides is 1. The second-order valence-corrected chi connectivity index (χ2v) is 7.29. The van der Waals surface area contributed by atoms with Crippen LogP contribution in [0.5, 0.6) is 5.75 Å². The van der Waals surface area contributed by atoms with E-state index in [0.29, 0.717) is 12.2 Å². The number of ether oxygens (including phenoxy) is 1. The number of methoxy groups -OCH3 is 1. The highest BCUT2D eigenvalue weighted by molar-refractivity contribution is 6.35. The van der Waals surface area contributed by atoms with Crippen molar-refractivity contribution in [2.45, 2.75) is 38.8 Å². The van der Waals surface area contributed by atoms with E-state index in [-0.39, 0.29) is 39.7 Å². The monoisotopic (exact) mass is 431 g/mol. The molecule has 0 saturated carbocycles. The number of hydrogen-bond donors (Lipinski definition) is 2. The minimum Gasteiger partial charge on any atom is -0.495 e. The Morgan fingerprint density at radius 1 is 1.33 bits per heavy atom. The lowest BCUT2D eigenvalue weighted by atomic mass is 9.95. The Morgan fingerprint density at radius 2 is 2.03 bits per heavy atom. The van der Waals surface area contributed by atoms with Crippen molar-refractivity contribution in [3.8, 4) is 11.8 Å². The number of nitriles is 1. The van der Waals surface area contributed by atoms with Crippen molar-refractivity contribution in [3.63, 3.8) is 0 Å². The summed E-state index contributed by atoms with van der Waals surface area (Å²) in [5, 5.41) is 12.4. The topological polar surface area (TPSA) is 105 Å². The Morgan fingerprint density at radius 3 is 2.60 bits per heavy atom. The van der Waals surface area contributed by atoms with Crippen LogP contribution in [0, 0.1) is 17.1 Å². The Kier molecular flexibility index (Phi) is 7.93. The summed E-state index contributed by atoms with van der Waals surface area (Å²) in [4.78, 5) is 24.2. The molecule has 6 nitrogen and oxygen atoms in total. The normalized spacial score (nSPS) is 12.7. The molecule has 0 aromatic heterocycles. The van der Waals surface area contributed by atoms with Gasteiger partial charge in [-0.2, -0.15) is 5.26 Å². The average Bonchev–Trinajstić information content (AvgIpc) is 2.71. The molecule has 0 aliphatic heterocycles. The second-order valence-electron chi connectivity index (χ2n) is 6.88. The molecule has 0 aliphatic carbocycles. The standard InChI is InChI=1S/C22H23ClFN3O3/c1-4-17(27-12(2)9-19(26)28)15-6-7-16(23)20(21(15)24)22(29)13-5-8-18(30-3)14(10-13)11-25/h5-8,10,12,17,27H,4,9H2,1-3H3,(H2,26,28)/t12-,17+/m0/s1. The lowest BCUT2D eigenvalue weighted by Gasteiger charge is -2.23. The number of carbonyl (C=O) groups excluding carboxylic acids is 2. The average molecular weight is 432 g/mol. The largest absolute Gasteiger partial charge is 0.495 e. The third kappa shape index (κ3) is 5.15. The van der Waals surface area contributed by atoms with E-state index in [1.54, 1.807) is 6.92 Å². The van der Waals surface area contributed by atoms with Gasteiger partial charge in [0.1, 0.15) is 17.6 Å². The molecule has 1 amide bonds. The molecule has 0 radical (unpaired) electrons. The van der Waals surface area contributed by atoms with E-state index in [4.69, 9.17) is 22.1 Å². The Hall–Kier alpha value is -2.95. The Labute approximate surface area is 179 Å². The van der Waals surface area contributed by atoms with Gasteiger partial charge in [-0.25, -0.2) is 4.39 Å². The highest BCUT2D eigenvalue weighted by Crippen LogP contribution is 2.31. The molecule has 3 N–H and O–H groups in total. The molecule has 0 saturated heterocycles. The van der Waals surface area contributed by atoms with Crippen LogP contribution in [0.2, 0.25) is 5.02 Å². The molecule has 0 bridgehead atoms. The van der Waals surface area contributed by atoms with Gasteiger partial charge in [0, 0.05) is 29.6 Å². The first kappa shape index (κ1) is 23.3. The Bertz CT molecular complexity index is 1000. The van der Waals surface area contributed by atoms with E-state index in [1.165, 1.54) is 37.4 Å². The molecule has 30 heavy (non-hydrogen) atoms. The van der Waals surface area contributed by atoms with Crippen LogP contribution in [0.3, 0.4) is 0 Å². The first-order chi connectivity index (χ1) is 14.2. The van der Waals surface area contributed by atoms with E-state index in [9.17, 15) is 14.9 Å². The zero-order valence-electron chi connectivity index (χ0n) is 17.0. The van der Waals surface area contributed by atoms with Gasteiger partial charge in [0.15, 0.2) is 5.78 Å². The number of halogens is 2. The van der Waals surface area contributed by atoms with Crippen molar-refractivity contribution in [1.29, 1.82) is 5.26 Å². The summed E-state index contributed by atoms with van der Waals surface area (Å²) in [6.45, 7) is 3.63. The minimum atomic E-state index is -0.743. The summed E-state index contributed by atoms with van der Waals surface area (Å²) >= 11 is 6.17. The van der Waals surface area contributed by atoms with Gasteiger partial charge in [0.25, 0.3) is 0 Å². The van der Waals surface area contributed by atoms with Crippen LogP contribution in [-0.4, -0.2) is 24.8 Å². The van der Waals surface area contributed by atoms with Gasteiger partial charge in [-0.15, -0.1) is 0 Å². The van der Waals surface area contributed by atoms with E-state index < -0.39 is 23.5 Å². The number of hydrogen-bond acceptors (Lipinski definition) is 5. The van der Waals surface area contributed by atoms with Crippen molar-refractivity contribution >= 4 is 23.3 Å². The highest BCUT2D eigenvalue weighted by atomic mass is 35.5. The predicted molar refractivity (Wildman–Crippen MR) is 112 cm³/mol. The van der Waals surface area contributed by atoms with Crippen molar-refractivity contribution in [1.82, 2.24) is 5.32 Å². The molecule has 0 fully saturated rings. The SMILES string of the molecule is CC[C@@H](N[C@@H](C)CC(N)=O)c1ccc(Cl)c(C(=O)c2ccc(OC)c(C#N)c2)c1F. The Balaban J connectivity index is 2.46. The zero-order chi connectivity index (χ0) is 22.4. The van der Waals surface area contributed by atoms with Crippen LogP contribution < -0.4 is 15.8 Å². The van der Waals surface area contributed by atoms with Gasteiger partial charge < -0.3 is 15.8 Å². The van der Waals surface area contributed by atoms with Gasteiger partial charge in [-0.3, -0.25) is 9.59 Å². The van der Waals surface area contributed by atoms with Crippen molar-refractivity contribution in [3.05, 3.63) is 63.4 Å². The van der Waals surface area contributed by atoms with Gasteiger partial charge >= 0.3 is 0 Å². The number of benzene rings is 2. The number of nitrogens with one attached hydrogen (secondary N) is 1. The molecular weight excluding hydrogens is 409 g/mol. The summed E-state index contributed by atoms with van der Waals surface area (Å²) in [7, 11) is 1.41. The van der Waals surface area contributed by atoms with Crippen molar-refractivity contribution in [2.24, 2.45) is 5.73 Å². The molecule has 2 atom stereocenters. The summed E-state index contributed by atoms with van der Waals surface area (Å²) < 4.78 is 20.5. The first-order valence-corrected chi connectivity index (χ1v) is 9.76. The number of nitrogens with zero attached hydrogens (tertiary/aromatic N) is 1. The van der Waals surface area contributed by atoms with Crippen molar-refractivity contribution in [2.75, 3.05) is 7.11 Å². The lowest BCUT2D eigenvalue weighted by molar-refractivity contribution is -0.118. The number of amides is 1. The minimum absolute atomic E-state index is 0.0318. The van der Waals surface area contributed by atoms with E-state index >= 15 is 4.39 Å². The number of rotatable bonds is 9. The van der Waals surface area contributed by atoms with Gasteiger partial charge in [0.05, 0.1) is 23.3 Å². The second kappa shape index (κ2) is 10.2. The van der Waals surface area contributed by atoms with Crippen LogP contribution in [0.25, 0.3) is 0 Å². The predicted octanol–water partition coefficient (Wildman–Crippen LogP) is 3.89. The van der Waals surface area contributed by atoms with E-state index in [0.717, 1.165) is 0 Å². The smallest absolute Gasteiger partial charge is 0.218 e. The maximum Gasteiger partial charge on any atom is 0.218 e. The van der Waals surface area contributed by atoms with E-state index in [2.05, 4.69) is 5.32 Å². The molecule has 0 unspecified atom stereocenters. The maximum atomic E-state index is 15.4. The summed E-state index contributed by atoms with van der Waals surface area (Å²) in [5.74, 6) is -1.54. The number of nitrogens with two attached hydrogens (primary N) is 1. The molecule has 2 rings (SSSR count). The fourth-order valence-electron chi connectivity index (χ4n) is 3.26. The van der Waals surface area contributed by atoms with Crippen LogP contribution in [-0.2, 0) is 4.79 Å². The zero-order valence-corrected chi connectivity index (χ0v) is 17.7. The summed E-state index contributed by atoms with van der Waals surface area (Å²) in [6, 6.07) is 8.47. The van der Waals surface area contributed by atoms with Crippen molar-refractivity contribution < 1.29 is 18.7 Å². The summed E-state index contributed by atoms with van der Waals surface area (Å²) in [6.07, 6.45) is 0.608. The van der Waals surface area contributed by atoms with Crippen LogP contribution >= 0.6 is 11.6 Å². The molecule has 8 heteroatoms. The summed E-state index contributed by atoms with van der Waals surface area (Å²) in [5.41, 5.74) is 5.49. The van der Waals surface area contributed by atoms with Gasteiger partial charge in [0.2, 0.25) is 5.91 Å². The van der Waals surface area contributed by atoms with Crippen LogP contribution in [0.1, 0.15) is 59.8 Å². The fraction of sp³-hybridized carbons (Fsp3) is 0.318. The molecule has 2 aromatic rings. The maximum absolute atomic E-state index is 15.4. The molecule has 0 heterocycles. The molecule has 0 aliphatic rings. The quantitative estimate of drug-likeness (QED) is 0.586. The first-order valence-electron chi connectivity index (χ1n) is 9.38. The molecule has 0 spiro atoms. The number of carbonyl (C=O) groups is 2. The lowest BCUT2D eigenvalue weighted by Crippen LogP contribution is -2.34. The van der Waals surface area contributed by atoms with Crippen LogP contribution in [0.4, 0.5) is 4.39 Å². The third-order valence-corrected chi connectivity index (χ3v) is 5.02. The van der Waals surface area contributed by atoms with E-state index in [1.807, 2.05) is 13.0 Å².